The van der Waals surface area contributed by atoms with E-state index in [0.717, 1.165) is 26.1 Å². The average molecular weight is 294 g/mol. The summed E-state index contributed by atoms with van der Waals surface area (Å²) in [5.74, 6) is 0.277. The molecule has 1 saturated heterocycles. The van der Waals surface area contributed by atoms with Gasteiger partial charge in [0, 0.05) is 19.6 Å². The van der Waals surface area contributed by atoms with Gasteiger partial charge in [-0.25, -0.2) is 0 Å². The van der Waals surface area contributed by atoms with Crippen LogP contribution in [0.25, 0.3) is 0 Å². The second kappa shape index (κ2) is 7.07. The third-order valence-electron chi connectivity index (χ3n) is 4.54. The fraction of sp³-hybridized carbons (Fsp3) is 0.750. The van der Waals surface area contributed by atoms with Gasteiger partial charge in [-0.1, -0.05) is 0 Å². The van der Waals surface area contributed by atoms with Gasteiger partial charge in [-0.3, -0.25) is 9.59 Å². The molecule has 118 valence electrons. The summed E-state index contributed by atoms with van der Waals surface area (Å²) in [5, 5.41) is 0. The van der Waals surface area contributed by atoms with E-state index in [0.29, 0.717) is 17.5 Å². The van der Waals surface area contributed by atoms with Crippen LogP contribution in [0.15, 0.2) is 11.8 Å². The number of cyclic esters (lactones) is 1. The van der Waals surface area contributed by atoms with Crippen LogP contribution < -0.4 is 0 Å². The SMILES string of the molecule is CC(C)N1CCC(CCN(C)C(=O)C2=COC(=O)C2)CC1. The molecule has 0 saturated carbocycles. The fourth-order valence-electron chi connectivity index (χ4n) is 2.98. The molecule has 0 bridgehead atoms. The van der Waals surface area contributed by atoms with E-state index in [2.05, 4.69) is 18.7 Å². The summed E-state index contributed by atoms with van der Waals surface area (Å²) >= 11 is 0. The molecular formula is C16H26N2O3. The van der Waals surface area contributed by atoms with Crippen LogP contribution in [0.3, 0.4) is 0 Å². The highest BCUT2D eigenvalue weighted by Gasteiger charge is 2.25. The molecule has 0 atom stereocenters. The molecule has 0 aromatic carbocycles. The van der Waals surface area contributed by atoms with Crippen molar-refractivity contribution in [2.24, 2.45) is 5.92 Å². The van der Waals surface area contributed by atoms with Crippen LogP contribution in [-0.2, 0) is 14.3 Å². The Hall–Kier alpha value is -1.36. The second-order valence-electron chi connectivity index (χ2n) is 6.40. The predicted molar refractivity (Wildman–Crippen MR) is 80.5 cm³/mol. The van der Waals surface area contributed by atoms with Crippen molar-refractivity contribution in [3.05, 3.63) is 11.8 Å². The lowest BCUT2D eigenvalue weighted by atomic mass is 9.92. The normalized spacial score (nSPS) is 20.6. The molecular weight excluding hydrogens is 268 g/mol. The molecule has 5 nitrogen and oxygen atoms in total. The Balaban J connectivity index is 1.71. The van der Waals surface area contributed by atoms with Gasteiger partial charge in [-0.15, -0.1) is 0 Å². The van der Waals surface area contributed by atoms with Crippen molar-refractivity contribution in [3.8, 4) is 0 Å². The smallest absolute Gasteiger partial charge is 0.315 e. The quantitative estimate of drug-likeness (QED) is 0.725. The van der Waals surface area contributed by atoms with Crippen molar-refractivity contribution >= 4 is 11.9 Å². The van der Waals surface area contributed by atoms with Crippen molar-refractivity contribution in [2.45, 2.75) is 45.6 Å². The molecule has 0 spiro atoms. The van der Waals surface area contributed by atoms with Gasteiger partial charge in [0.2, 0.25) is 0 Å². The second-order valence-corrected chi connectivity index (χ2v) is 6.40. The number of ether oxygens (including phenoxy) is 1. The van der Waals surface area contributed by atoms with Gasteiger partial charge < -0.3 is 14.5 Å². The molecule has 2 rings (SSSR count). The Morgan fingerprint density at radius 1 is 1.43 bits per heavy atom. The van der Waals surface area contributed by atoms with Crippen LogP contribution >= 0.6 is 0 Å². The van der Waals surface area contributed by atoms with Gasteiger partial charge in [-0.05, 0) is 52.1 Å². The molecule has 0 radical (unpaired) electrons. The number of likely N-dealkylation sites (tertiary alicyclic amines) is 1. The highest BCUT2D eigenvalue weighted by atomic mass is 16.5. The number of piperidine rings is 1. The van der Waals surface area contributed by atoms with Gasteiger partial charge in [0.1, 0.15) is 6.26 Å². The first-order valence-corrected chi connectivity index (χ1v) is 7.85. The summed E-state index contributed by atoms with van der Waals surface area (Å²) in [6, 6.07) is 0.627. The topological polar surface area (TPSA) is 49.9 Å². The van der Waals surface area contributed by atoms with E-state index in [1.807, 2.05) is 0 Å². The number of carbonyl (C=O) groups is 2. The molecule has 2 heterocycles. The minimum Gasteiger partial charge on any atom is -0.434 e. The Morgan fingerprint density at radius 3 is 2.62 bits per heavy atom. The molecule has 0 aromatic heterocycles. The summed E-state index contributed by atoms with van der Waals surface area (Å²) in [7, 11) is 1.80. The van der Waals surface area contributed by atoms with Crippen molar-refractivity contribution < 1.29 is 14.3 Å². The molecule has 2 aliphatic heterocycles. The van der Waals surface area contributed by atoms with E-state index in [1.54, 1.807) is 11.9 Å². The van der Waals surface area contributed by atoms with E-state index in [4.69, 9.17) is 4.74 Å². The molecule has 0 N–H and O–H groups in total. The lowest BCUT2D eigenvalue weighted by molar-refractivity contribution is -0.136. The van der Waals surface area contributed by atoms with E-state index >= 15 is 0 Å². The highest BCUT2D eigenvalue weighted by molar-refractivity contribution is 5.99. The Morgan fingerprint density at radius 2 is 2.10 bits per heavy atom. The summed E-state index contributed by atoms with van der Waals surface area (Å²) in [4.78, 5) is 27.4. The van der Waals surface area contributed by atoms with E-state index in [9.17, 15) is 9.59 Å². The number of amides is 1. The number of rotatable bonds is 5. The number of esters is 1. The largest absolute Gasteiger partial charge is 0.434 e. The maximum absolute atomic E-state index is 12.1. The summed E-state index contributed by atoms with van der Waals surface area (Å²) in [6.45, 7) is 7.55. The number of likely N-dealkylation sites (N-methyl/N-ethyl adjacent to an activating group) is 1. The third kappa shape index (κ3) is 4.30. The summed E-state index contributed by atoms with van der Waals surface area (Å²) < 4.78 is 4.71. The zero-order chi connectivity index (χ0) is 15.4. The van der Waals surface area contributed by atoms with Crippen LogP contribution in [0.5, 0.6) is 0 Å². The van der Waals surface area contributed by atoms with Gasteiger partial charge >= 0.3 is 5.97 Å². The highest BCUT2D eigenvalue weighted by Crippen LogP contribution is 2.22. The minimum absolute atomic E-state index is 0.0829. The molecule has 0 unspecified atom stereocenters. The Bertz CT molecular complexity index is 423. The third-order valence-corrected chi connectivity index (χ3v) is 4.54. The molecule has 5 heteroatoms. The van der Waals surface area contributed by atoms with Gasteiger partial charge in [-0.2, -0.15) is 0 Å². The fourth-order valence-corrected chi connectivity index (χ4v) is 2.98. The van der Waals surface area contributed by atoms with Gasteiger partial charge in [0.25, 0.3) is 5.91 Å². The molecule has 2 aliphatic rings. The van der Waals surface area contributed by atoms with Crippen LogP contribution in [0.4, 0.5) is 0 Å². The number of hydrogen-bond acceptors (Lipinski definition) is 4. The lowest BCUT2D eigenvalue weighted by Gasteiger charge is -2.35. The molecule has 0 aliphatic carbocycles. The molecule has 0 aromatic rings. The monoisotopic (exact) mass is 294 g/mol. The standard InChI is InChI=1S/C16H26N2O3/c1-12(2)18-8-5-13(6-9-18)4-7-17(3)16(20)14-10-15(19)21-11-14/h11-13H,4-10H2,1-3H3. The van der Waals surface area contributed by atoms with Crippen LogP contribution in [0, 0.1) is 5.92 Å². The zero-order valence-corrected chi connectivity index (χ0v) is 13.3. The van der Waals surface area contributed by atoms with Crippen molar-refractivity contribution in [1.29, 1.82) is 0 Å². The van der Waals surface area contributed by atoms with Crippen LogP contribution in [-0.4, -0.2) is 54.4 Å². The van der Waals surface area contributed by atoms with E-state index < -0.39 is 0 Å². The Kier molecular flexibility index (Phi) is 5.39. The van der Waals surface area contributed by atoms with E-state index in [-0.39, 0.29) is 18.3 Å². The van der Waals surface area contributed by atoms with Crippen molar-refractivity contribution in [1.82, 2.24) is 9.80 Å². The van der Waals surface area contributed by atoms with Crippen LogP contribution in [0.1, 0.15) is 39.5 Å². The van der Waals surface area contributed by atoms with Crippen molar-refractivity contribution in [3.63, 3.8) is 0 Å². The molecule has 1 amide bonds. The first-order chi connectivity index (χ1) is 9.97. The number of carbonyl (C=O) groups excluding carboxylic acids is 2. The van der Waals surface area contributed by atoms with Crippen molar-refractivity contribution in [2.75, 3.05) is 26.7 Å². The minimum atomic E-state index is -0.340. The van der Waals surface area contributed by atoms with Crippen LogP contribution in [0.2, 0.25) is 0 Å². The van der Waals surface area contributed by atoms with Gasteiger partial charge in [0.15, 0.2) is 0 Å². The maximum atomic E-state index is 12.1. The maximum Gasteiger partial charge on any atom is 0.315 e. The summed E-state index contributed by atoms with van der Waals surface area (Å²) in [5.41, 5.74) is 0.470. The van der Waals surface area contributed by atoms with E-state index in [1.165, 1.54) is 19.1 Å². The Labute approximate surface area is 126 Å². The number of nitrogens with zero attached hydrogens (tertiary/aromatic N) is 2. The first-order valence-electron chi connectivity index (χ1n) is 7.85. The lowest BCUT2D eigenvalue weighted by Crippen LogP contribution is -2.39. The first kappa shape index (κ1) is 16.0. The molecule has 1 fully saturated rings. The zero-order valence-electron chi connectivity index (χ0n) is 13.3. The number of hydrogen-bond donors (Lipinski definition) is 0. The summed E-state index contributed by atoms with van der Waals surface area (Å²) in [6.07, 6.45) is 4.86. The predicted octanol–water partition coefficient (Wildman–Crippen LogP) is 1.79. The average Bonchev–Trinajstić information content (AvgIpc) is 2.91. The van der Waals surface area contributed by atoms with Gasteiger partial charge in [0.05, 0.1) is 12.0 Å². The molecule has 21 heavy (non-hydrogen) atoms.